The number of rotatable bonds is 5. The molecule has 1 N–H and O–H groups in total. The predicted molar refractivity (Wildman–Crippen MR) is 88.1 cm³/mol. The van der Waals surface area contributed by atoms with Crippen LogP contribution in [0.1, 0.15) is 16.8 Å². The Morgan fingerprint density at radius 1 is 1.29 bits per heavy atom. The third-order valence-electron chi connectivity index (χ3n) is 4.15. The second kappa shape index (κ2) is 7.42. The number of hydrogen-bond donors (Lipinski definition) is 1. The van der Waals surface area contributed by atoms with Gasteiger partial charge in [-0.15, -0.1) is 0 Å². The van der Waals surface area contributed by atoms with Gasteiger partial charge in [0.15, 0.2) is 0 Å². The SMILES string of the molecule is CO[C@@H]1C[C@@H](CO)N(C(=O)c2ccc(Oc3cccnc3)cc2)C1. The van der Waals surface area contributed by atoms with Crippen molar-refractivity contribution in [1.29, 1.82) is 0 Å². The number of aliphatic hydroxyl groups is 1. The molecule has 1 aromatic heterocycles. The molecule has 3 rings (SSSR count). The summed E-state index contributed by atoms with van der Waals surface area (Å²) in [5, 5.41) is 9.48. The van der Waals surface area contributed by atoms with Crippen LogP contribution in [-0.4, -0.2) is 53.3 Å². The van der Waals surface area contributed by atoms with Gasteiger partial charge in [-0.2, -0.15) is 0 Å². The topological polar surface area (TPSA) is 71.9 Å². The smallest absolute Gasteiger partial charge is 0.254 e. The lowest BCUT2D eigenvalue weighted by atomic mass is 10.1. The molecule has 1 amide bonds. The Morgan fingerprint density at radius 2 is 2.08 bits per heavy atom. The Kier molecular flexibility index (Phi) is 5.08. The summed E-state index contributed by atoms with van der Waals surface area (Å²) in [5.74, 6) is 1.16. The lowest BCUT2D eigenvalue weighted by molar-refractivity contribution is 0.0648. The predicted octanol–water partition coefficient (Wildman–Crippen LogP) is 2.10. The zero-order valence-electron chi connectivity index (χ0n) is 13.5. The summed E-state index contributed by atoms with van der Waals surface area (Å²) < 4.78 is 11.0. The second-order valence-electron chi connectivity index (χ2n) is 5.70. The minimum absolute atomic E-state index is 0.0284. The average Bonchev–Trinajstić information content (AvgIpc) is 3.06. The van der Waals surface area contributed by atoms with Crippen LogP contribution in [0.5, 0.6) is 11.5 Å². The van der Waals surface area contributed by atoms with Gasteiger partial charge in [0.25, 0.3) is 5.91 Å². The van der Waals surface area contributed by atoms with Crippen molar-refractivity contribution in [3.05, 3.63) is 54.4 Å². The maximum absolute atomic E-state index is 12.7. The molecule has 1 aromatic carbocycles. The van der Waals surface area contributed by atoms with Crippen molar-refractivity contribution >= 4 is 5.91 Å². The van der Waals surface area contributed by atoms with E-state index in [0.29, 0.717) is 30.0 Å². The molecule has 6 heteroatoms. The molecule has 1 fully saturated rings. The number of ether oxygens (including phenoxy) is 2. The molecule has 0 unspecified atom stereocenters. The summed E-state index contributed by atoms with van der Waals surface area (Å²) in [4.78, 5) is 18.3. The summed E-state index contributed by atoms with van der Waals surface area (Å²) in [7, 11) is 1.62. The van der Waals surface area contributed by atoms with Crippen LogP contribution in [-0.2, 0) is 4.74 Å². The molecule has 0 radical (unpaired) electrons. The molecule has 2 atom stereocenters. The minimum Gasteiger partial charge on any atom is -0.456 e. The monoisotopic (exact) mass is 328 g/mol. The van der Waals surface area contributed by atoms with Crippen molar-refractivity contribution in [3.8, 4) is 11.5 Å². The summed E-state index contributed by atoms with van der Waals surface area (Å²) in [6, 6.07) is 10.4. The number of methoxy groups -OCH3 is 1. The Morgan fingerprint density at radius 3 is 2.71 bits per heavy atom. The highest BCUT2D eigenvalue weighted by molar-refractivity contribution is 5.94. The van der Waals surface area contributed by atoms with Gasteiger partial charge < -0.3 is 19.5 Å². The zero-order valence-corrected chi connectivity index (χ0v) is 13.5. The Labute approximate surface area is 140 Å². The number of nitrogens with zero attached hydrogens (tertiary/aromatic N) is 2. The number of hydrogen-bond acceptors (Lipinski definition) is 5. The van der Waals surface area contributed by atoms with Crippen molar-refractivity contribution < 1.29 is 19.4 Å². The molecular formula is C18H20N2O4. The summed E-state index contributed by atoms with van der Waals surface area (Å²) in [6.07, 6.45) is 3.93. The number of pyridine rings is 1. The first-order chi connectivity index (χ1) is 11.7. The summed E-state index contributed by atoms with van der Waals surface area (Å²) in [6.45, 7) is 0.433. The lowest BCUT2D eigenvalue weighted by Gasteiger charge is -2.22. The fraction of sp³-hybridized carbons (Fsp3) is 0.333. The third-order valence-corrected chi connectivity index (χ3v) is 4.15. The molecule has 1 saturated heterocycles. The molecular weight excluding hydrogens is 308 g/mol. The number of benzene rings is 1. The third kappa shape index (κ3) is 3.55. The van der Waals surface area contributed by atoms with Gasteiger partial charge in [-0.25, -0.2) is 0 Å². The Hall–Kier alpha value is -2.44. The molecule has 126 valence electrons. The molecule has 6 nitrogen and oxygen atoms in total. The van der Waals surface area contributed by atoms with Gasteiger partial charge in [0.05, 0.1) is 24.9 Å². The lowest BCUT2D eigenvalue weighted by Crippen LogP contribution is -2.38. The van der Waals surface area contributed by atoms with Crippen molar-refractivity contribution in [2.45, 2.75) is 18.6 Å². The molecule has 24 heavy (non-hydrogen) atoms. The first-order valence-corrected chi connectivity index (χ1v) is 7.84. The van der Waals surface area contributed by atoms with Gasteiger partial charge in [0.1, 0.15) is 11.5 Å². The highest BCUT2D eigenvalue weighted by atomic mass is 16.5. The van der Waals surface area contributed by atoms with Crippen LogP contribution in [0.3, 0.4) is 0 Å². The van der Waals surface area contributed by atoms with Crippen LogP contribution in [0.2, 0.25) is 0 Å². The number of likely N-dealkylation sites (tertiary alicyclic amines) is 1. The van der Waals surface area contributed by atoms with E-state index in [0.717, 1.165) is 0 Å². The van der Waals surface area contributed by atoms with Crippen LogP contribution in [0.4, 0.5) is 0 Å². The van der Waals surface area contributed by atoms with E-state index in [2.05, 4.69) is 4.98 Å². The maximum Gasteiger partial charge on any atom is 0.254 e. The molecule has 0 saturated carbocycles. The first-order valence-electron chi connectivity index (χ1n) is 7.84. The van der Waals surface area contributed by atoms with Crippen LogP contribution >= 0.6 is 0 Å². The first kappa shape index (κ1) is 16.4. The fourth-order valence-corrected chi connectivity index (χ4v) is 2.84. The molecule has 0 aliphatic carbocycles. The van der Waals surface area contributed by atoms with Crippen molar-refractivity contribution in [3.63, 3.8) is 0 Å². The number of carbonyl (C=O) groups excluding carboxylic acids is 1. The van der Waals surface area contributed by atoms with E-state index in [4.69, 9.17) is 9.47 Å². The second-order valence-corrected chi connectivity index (χ2v) is 5.70. The molecule has 1 aliphatic rings. The van der Waals surface area contributed by atoms with E-state index in [9.17, 15) is 9.90 Å². The summed E-state index contributed by atoms with van der Waals surface area (Å²) in [5.41, 5.74) is 0.559. The van der Waals surface area contributed by atoms with Gasteiger partial charge in [-0.05, 0) is 42.8 Å². The minimum atomic E-state index is -0.200. The standard InChI is InChI=1S/C18H20N2O4/c1-23-17-9-14(12-21)20(11-17)18(22)13-4-6-15(7-5-13)24-16-3-2-8-19-10-16/h2-8,10,14,17,21H,9,11-12H2,1H3/t14-,17+/m0/s1. The normalized spacial score (nSPS) is 20.2. The largest absolute Gasteiger partial charge is 0.456 e. The Balaban J connectivity index is 1.70. The van der Waals surface area contributed by atoms with Gasteiger partial charge in [0, 0.05) is 25.4 Å². The highest BCUT2D eigenvalue weighted by Gasteiger charge is 2.35. The molecule has 0 spiro atoms. The molecule has 2 heterocycles. The van der Waals surface area contributed by atoms with Crippen LogP contribution in [0.25, 0.3) is 0 Å². The van der Waals surface area contributed by atoms with Gasteiger partial charge in [-0.3, -0.25) is 9.78 Å². The molecule has 1 aliphatic heterocycles. The fourth-order valence-electron chi connectivity index (χ4n) is 2.84. The zero-order chi connectivity index (χ0) is 16.9. The van der Waals surface area contributed by atoms with Crippen molar-refractivity contribution in [2.75, 3.05) is 20.3 Å². The van der Waals surface area contributed by atoms with Crippen LogP contribution in [0.15, 0.2) is 48.8 Å². The van der Waals surface area contributed by atoms with Crippen LogP contribution < -0.4 is 4.74 Å². The number of aliphatic hydroxyl groups excluding tert-OH is 1. The summed E-state index contributed by atoms with van der Waals surface area (Å²) >= 11 is 0. The van der Waals surface area contributed by atoms with Crippen molar-refractivity contribution in [1.82, 2.24) is 9.88 Å². The number of aromatic nitrogens is 1. The van der Waals surface area contributed by atoms with Crippen LogP contribution in [0, 0.1) is 0 Å². The maximum atomic E-state index is 12.7. The van der Waals surface area contributed by atoms with Crippen molar-refractivity contribution in [2.24, 2.45) is 0 Å². The van der Waals surface area contributed by atoms with Gasteiger partial charge >= 0.3 is 0 Å². The number of amides is 1. The van der Waals surface area contributed by atoms with E-state index in [1.807, 2.05) is 6.07 Å². The molecule has 2 aromatic rings. The van der Waals surface area contributed by atoms with E-state index in [1.54, 1.807) is 54.7 Å². The quantitative estimate of drug-likeness (QED) is 0.910. The van der Waals surface area contributed by atoms with Gasteiger partial charge in [0.2, 0.25) is 0 Å². The Bertz CT molecular complexity index is 675. The van der Waals surface area contributed by atoms with Gasteiger partial charge in [-0.1, -0.05) is 0 Å². The van der Waals surface area contributed by atoms with E-state index in [-0.39, 0.29) is 24.7 Å². The average molecular weight is 328 g/mol. The number of carbonyl (C=O) groups is 1. The molecule has 0 bridgehead atoms. The van der Waals surface area contributed by atoms with E-state index >= 15 is 0 Å². The van der Waals surface area contributed by atoms with E-state index in [1.165, 1.54) is 0 Å². The van der Waals surface area contributed by atoms with E-state index < -0.39 is 0 Å². The highest BCUT2D eigenvalue weighted by Crippen LogP contribution is 2.24.